The molecule has 1 aromatic heterocycles. The molecule has 0 atom stereocenters. The Labute approximate surface area is 181 Å². The fourth-order valence-electron chi connectivity index (χ4n) is 2.68. The van der Waals surface area contributed by atoms with Gasteiger partial charge in [-0.15, -0.1) is 6.42 Å². The highest BCUT2D eigenvalue weighted by molar-refractivity contribution is 7.89. The number of terminal acetylenes is 1. The summed E-state index contributed by atoms with van der Waals surface area (Å²) in [6.45, 7) is 0.542. The molecule has 0 aliphatic carbocycles. The molecule has 8 heteroatoms. The van der Waals surface area contributed by atoms with Crippen LogP contribution in [0.25, 0.3) is 0 Å². The van der Waals surface area contributed by atoms with Crippen LogP contribution in [0.1, 0.15) is 21.6 Å². The van der Waals surface area contributed by atoms with E-state index in [4.69, 9.17) is 11.2 Å². The van der Waals surface area contributed by atoms with Gasteiger partial charge in [-0.3, -0.25) is 9.78 Å². The maximum Gasteiger partial charge on any atom is 0.251 e. The van der Waals surface area contributed by atoms with Gasteiger partial charge in [-0.1, -0.05) is 24.1 Å². The van der Waals surface area contributed by atoms with E-state index in [1.165, 1.54) is 24.3 Å². The monoisotopic (exact) mass is 435 g/mol. The number of aromatic nitrogens is 1. The van der Waals surface area contributed by atoms with Gasteiger partial charge in [0.05, 0.1) is 17.1 Å². The molecule has 1 amide bonds. The van der Waals surface area contributed by atoms with Crippen molar-refractivity contribution in [3.8, 4) is 18.1 Å². The molecule has 0 aliphatic rings. The molecule has 2 N–H and O–H groups in total. The van der Waals surface area contributed by atoms with Gasteiger partial charge < -0.3 is 10.1 Å². The second-order valence-electron chi connectivity index (χ2n) is 6.49. The van der Waals surface area contributed by atoms with E-state index in [0.29, 0.717) is 24.5 Å². The highest BCUT2D eigenvalue weighted by Crippen LogP contribution is 2.15. The van der Waals surface area contributed by atoms with Gasteiger partial charge in [0, 0.05) is 18.3 Å². The normalized spacial score (nSPS) is 10.8. The molecular formula is C23H21N3O4S. The Morgan fingerprint density at radius 2 is 1.87 bits per heavy atom. The van der Waals surface area contributed by atoms with Crippen molar-refractivity contribution < 1.29 is 17.9 Å². The summed E-state index contributed by atoms with van der Waals surface area (Å²) < 4.78 is 32.1. The zero-order chi connectivity index (χ0) is 22.1. The molecule has 0 fully saturated rings. The summed E-state index contributed by atoms with van der Waals surface area (Å²) in [6, 6.07) is 18.6. The van der Waals surface area contributed by atoms with Gasteiger partial charge in [-0.05, 0) is 54.1 Å². The van der Waals surface area contributed by atoms with Crippen LogP contribution in [-0.4, -0.2) is 25.9 Å². The lowest BCUT2D eigenvalue weighted by molar-refractivity contribution is 0.0950. The Bertz CT molecular complexity index is 1170. The van der Waals surface area contributed by atoms with Crippen molar-refractivity contribution in [2.45, 2.75) is 18.0 Å². The van der Waals surface area contributed by atoms with Crippen molar-refractivity contribution >= 4 is 15.9 Å². The Morgan fingerprint density at radius 1 is 1.06 bits per heavy atom. The summed E-state index contributed by atoms with van der Waals surface area (Å²) in [5.41, 5.74) is 2.03. The number of rotatable bonds is 9. The van der Waals surface area contributed by atoms with Gasteiger partial charge in [0.25, 0.3) is 5.91 Å². The number of carbonyl (C=O) groups excluding carboxylic acids is 1. The zero-order valence-electron chi connectivity index (χ0n) is 16.6. The number of ether oxygens (including phenoxy) is 1. The van der Waals surface area contributed by atoms with Gasteiger partial charge in [0.2, 0.25) is 10.0 Å². The molecule has 0 saturated heterocycles. The van der Waals surface area contributed by atoms with E-state index in [0.717, 1.165) is 11.3 Å². The van der Waals surface area contributed by atoms with Crippen LogP contribution in [0.4, 0.5) is 0 Å². The van der Waals surface area contributed by atoms with Crippen molar-refractivity contribution in [1.29, 1.82) is 0 Å². The van der Waals surface area contributed by atoms with Gasteiger partial charge in [0.1, 0.15) is 12.4 Å². The molecule has 31 heavy (non-hydrogen) atoms. The molecule has 7 nitrogen and oxygen atoms in total. The van der Waals surface area contributed by atoms with Gasteiger partial charge in [-0.2, -0.15) is 4.72 Å². The average Bonchev–Trinajstić information content (AvgIpc) is 2.81. The summed E-state index contributed by atoms with van der Waals surface area (Å²) in [4.78, 5) is 16.7. The van der Waals surface area contributed by atoms with E-state index >= 15 is 0 Å². The third-order valence-electron chi connectivity index (χ3n) is 4.26. The number of amides is 1. The molecule has 0 spiro atoms. The van der Waals surface area contributed by atoms with E-state index in [2.05, 4.69) is 20.9 Å². The molecule has 0 aliphatic heterocycles. The maximum absolute atomic E-state index is 12.4. The maximum atomic E-state index is 12.4. The standard InChI is InChI=1S/C23H21N3O4S/c1-2-13-26-31(28,29)22-11-9-19(10-12-22)23(27)25-16-18-6-5-8-21(15-18)30-17-20-7-3-4-14-24-20/h1,3-12,14-15,26H,13,16-17H2,(H,25,27). The molecule has 158 valence electrons. The van der Waals surface area contributed by atoms with E-state index in [1.54, 1.807) is 6.20 Å². The van der Waals surface area contributed by atoms with Crippen LogP contribution in [0.15, 0.2) is 77.8 Å². The first kappa shape index (κ1) is 22.0. The summed E-state index contributed by atoms with van der Waals surface area (Å²) in [5.74, 6) is 2.56. The van der Waals surface area contributed by atoms with Crippen LogP contribution >= 0.6 is 0 Å². The first-order chi connectivity index (χ1) is 15.0. The third-order valence-corrected chi connectivity index (χ3v) is 5.67. The number of sulfonamides is 1. The molecule has 0 unspecified atom stereocenters. The van der Waals surface area contributed by atoms with Crippen molar-refractivity contribution in [2.24, 2.45) is 0 Å². The second kappa shape index (κ2) is 10.4. The van der Waals surface area contributed by atoms with Crippen LogP contribution in [0.3, 0.4) is 0 Å². The number of benzene rings is 2. The van der Waals surface area contributed by atoms with Crippen molar-refractivity contribution in [1.82, 2.24) is 15.0 Å². The van der Waals surface area contributed by atoms with Crippen LogP contribution in [0, 0.1) is 12.3 Å². The first-order valence-corrected chi connectivity index (χ1v) is 10.9. The molecule has 0 radical (unpaired) electrons. The number of hydrogen-bond donors (Lipinski definition) is 2. The summed E-state index contributed by atoms with van der Waals surface area (Å²) in [6.07, 6.45) is 6.78. The van der Waals surface area contributed by atoms with E-state index in [1.807, 2.05) is 42.5 Å². The molecule has 2 aromatic carbocycles. The first-order valence-electron chi connectivity index (χ1n) is 9.41. The van der Waals surface area contributed by atoms with E-state index < -0.39 is 10.0 Å². The van der Waals surface area contributed by atoms with Gasteiger partial charge in [0.15, 0.2) is 0 Å². The van der Waals surface area contributed by atoms with Crippen LogP contribution < -0.4 is 14.8 Å². The van der Waals surface area contributed by atoms with Crippen LogP contribution in [0.2, 0.25) is 0 Å². The number of pyridine rings is 1. The lowest BCUT2D eigenvalue weighted by Gasteiger charge is -2.09. The number of hydrogen-bond acceptors (Lipinski definition) is 5. The number of carbonyl (C=O) groups is 1. The minimum Gasteiger partial charge on any atom is -0.487 e. The minimum atomic E-state index is -3.69. The third kappa shape index (κ3) is 6.40. The highest BCUT2D eigenvalue weighted by atomic mass is 32.2. The van der Waals surface area contributed by atoms with Crippen molar-refractivity contribution in [3.63, 3.8) is 0 Å². The Balaban J connectivity index is 1.56. The van der Waals surface area contributed by atoms with Crippen molar-refractivity contribution in [2.75, 3.05) is 6.54 Å². The molecule has 0 bridgehead atoms. The second-order valence-corrected chi connectivity index (χ2v) is 8.26. The largest absolute Gasteiger partial charge is 0.487 e. The fraction of sp³-hybridized carbons (Fsp3) is 0.130. The molecule has 3 aromatic rings. The van der Waals surface area contributed by atoms with Gasteiger partial charge >= 0.3 is 0 Å². The van der Waals surface area contributed by atoms with Crippen LogP contribution in [-0.2, 0) is 23.2 Å². The highest BCUT2D eigenvalue weighted by Gasteiger charge is 2.14. The Kier molecular flexibility index (Phi) is 7.38. The molecule has 3 rings (SSSR count). The van der Waals surface area contributed by atoms with Gasteiger partial charge in [-0.25, -0.2) is 8.42 Å². The summed E-state index contributed by atoms with van der Waals surface area (Å²) >= 11 is 0. The smallest absolute Gasteiger partial charge is 0.251 e. The van der Waals surface area contributed by atoms with Crippen LogP contribution in [0.5, 0.6) is 5.75 Å². The summed E-state index contributed by atoms with van der Waals surface area (Å²) in [7, 11) is -3.69. The summed E-state index contributed by atoms with van der Waals surface area (Å²) in [5, 5.41) is 2.81. The van der Waals surface area contributed by atoms with Crippen molar-refractivity contribution in [3.05, 3.63) is 89.7 Å². The fourth-order valence-corrected chi connectivity index (χ4v) is 3.61. The quantitative estimate of drug-likeness (QED) is 0.504. The lowest BCUT2D eigenvalue weighted by Crippen LogP contribution is -2.25. The Morgan fingerprint density at radius 3 is 2.58 bits per heavy atom. The minimum absolute atomic E-state index is 0.0389. The Hall–Kier alpha value is -3.67. The number of nitrogens with zero attached hydrogens (tertiary/aromatic N) is 1. The zero-order valence-corrected chi connectivity index (χ0v) is 17.4. The predicted octanol–water partition coefficient (Wildman–Crippen LogP) is 2.50. The van der Waals surface area contributed by atoms with E-state index in [9.17, 15) is 13.2 Å². The average molecular weight is 436 g/mol. The molecular weight excluding hydrogens is 414 g/mol. The molecule has 1 heterocycles. The topological polar surface area (TPSA) is 97.4 Å². The lowest BCUT2D eigenvalue weighted by atomic mass is 10.2. The SMILES string of the molecule is C#CCNS(=O)(=O)c1ccc(C(=O)NCc2cccc(OCc3ccccn3)c2)cc1. The number of nitrogens with one attached hydrogen (secondary N) is 2. The predicted molar refractivity (Wildman–Crippen MR) is 117 cm³/mol. The molecule has 0 saturated carbocycles. The van der Waals surface area contributed by atoms with E-state index in [-0.39, 0.29) is 17.3 Å².